The van der Waals surface area contributed by atoms with E-state index >= 15 is 0 Å². The molecule has 1 amide bonds. The summed E-state index contributed by atoms with van der Waals surface area (Å²) in [6, 6.07) is 6.87. The zero-order valence-corrected chi connectivity index (χ0v) is 24.1. The van der Waals surface area contributed by atoms with Gasteiger partial charge in [0.05, 0.1) is 6.54 Å². The third-order valence-electron chi connectivity index (χ3n) is 6.17. The van der Waals surface area contributed by atoms with Crippen LogP contribution in [-0.4, -0.2) is 72.9 Å². The Labute approximate surface area is 241 Å². The second kappa shape index (κ2) is 12.5. The zero-order valence-electron chi connectivity index (χ0n) is 23.3. The largest absolute Gasteiger partial charge is 0.444 e. The van der Waals surface area contributed by atoms with E-state index in [0.29, 0.717) is 5.69 Å². The molecule has 0 bridgehead atoms. The second-order valence-electron chi connectivity index (χ2n) is 10.3. The summed E-state index contributed by atoms with van der Waals surface area (Å²) >= 11 is 0. The molecule has 1 fully saturated rings. The van der Waals surface area contributed by atoms with Gasteiger partial charge in [0, 0.05) is 36.4 Å². The van der Waals surface area contributed by atoms with Crippen molar-refractivity contribution in [2.75, 3.05) is 36.4 Å². The minimum absolute atomic E-state index is 0.0350. The molecule has 12 nitrogen and oxygen atoms in total. The van der Waals surface area contributed by atoms with Crippen molar-refractivity contribution in [1.29, 1.82) is 0 Å². The Morgan fingerprint density at radius 2 is 1.88 bits per heavy atom. The number of pyridine rings is 1. The number of carbonyl (C=O) groups is 1. The van der Waals surface area contributed by atoms with Crippen LogP contribution >= 0.6 is 0 Å². The number of aromatic nitrogens is 1. The number of azide groups is 1. The molecule has 2 heterocycles. The van der Waals surface area contributed by atoms with Crippen molar-refractivity contribution in [2.45, 2.75) is 56.0 Å². The minimum Gasteiger partial charge on any atom is -0.444 e. The number of ether oxygens (including phenoxy) is 1. The summed E-state index contributed by atoms with van der Waals surface area (Å²) in [6.45, 7) is 5.58. The summed E-state index contributed by atoms with van der Waals surface area (Å²) in [5.74, 6) is 5.80. The maximum absolute atomic E-state index is 13.6. The highest BCUT2D eigenvalue weighted by Crippen LogP contribution is 2.40. The van der Waals surface area contributed by atoms with Crippen molar-refractivity contribution >= 4 is 27.6 Å². The Balaban J connectivity index is 1.78. The summed E-state index contributed by atoms with van der Waals surface area (Å²) in [6.07, 6.45) is -4.72. The van der Waals surface area contributed by atoms with E-state index in [4.69, 9.17) is 10.3 Å². The number of halogens is 3. The molecule has 1 aliphatic rings. The van der Waals surface area contributed by atoms with Crippen LogP contribution in [0.1, 0.15) is 33.3 Å². The molecule has 2 aromatic rings. The summed E-state index contributed by atoms with van der Waals surface area (Å²) in [5, 5.41) is 15.6. The molecular weight excluding hydrogens is 579 g/mol. The van der Waals surface area contributed by atoms with Crippen LogP contribution in [0.5, 0.6) is 0 Å². The number of piperazine rings is 1. The van der Waals surface area contributed by atoms with Crippen molar-refractivity contribution < 1.29 is 36.2 Å². The Bertz CT molecular complexity index is 1490. The lowest BCUT2D eigenvalue weighted by atomic mass is 9.92. The van der Waals surface area contributed by atoms with Crippen molar-refractivity contribution in [3.8, 4) is 11.8 Å². The lowest BCUT2D eigenvalue weighted by Gasteiger charge is -2.40. The molecule has 16 heteroatoms. The molecule has 0 saturated carbocycles. The zero-order chi connectivity index (χ0) is 31.3. The van der Waals surface area contributed by atoms with E-state index < -0.39 is 51.6 Å². The van der Waals surface area contributed by atoms with Gasteiger partial charge in [-0.05, 0) is 63.1 Å². The lowest BCUT2D eigenvalue weighted by molar-refractivity contribution is -0.262. The first-order valence-corrected chi connectivity index (χ1v) is 14.0. The number of nitrogens with one attached hydrogen (secondary N) is 1. The number of amides is 1. The standard InChI is InChI=1S/C26H30F3N7O5S/c1-5-6-20-16-35(42(39,40)21-11-12-22(31-15-21)33-23(37)41-24(2,3)4)13-14-36(20)19-9-7-18(8-10-19)25(38,17-32-34-30)26(27,28)29/h7-12,15,20,38H,13-14,16-17H2,1-4H3,(H,31,33,37)/t20-,25?/m0/s1. The fourth-order valence-electron chi connectivity index (χ4n) is 4.15. The molecule has 0 radical (unpaired) electrons. The Kier molecular flexibility index (Phi) is 9.63. The van der Waals surface area contributed by atoms with Crippen molar-refractivity contribution in [1.82, 2.24) is 9.29 Å². The first-order valence-electron chi connectivity index (χ1n) is 12.6. The number of aliphatic hydroxyl groups is 1. The normalized spacial score (nSPS) is 17.7. The molecule has 1 aromatic carbocycles. The summed E-state index contributed by atoms with van der Waals surface area (Å²) in [5.41, 5.74) is 4.30. The molecule has 2 N–H and O–H groups in total. The third-order valence-corrected chi connectivity index (χ3v) is 8.01. The van der Waals surface area contributed by atoms with Crippen LogP contribution in [0.2, 0.25) is 0 Å². The van der Waals surface area contributed by atoms with Gasteiger partial charge in [0.1, 0.15) is 22.4 Å². The molecule has 0 aliphatic carbocycles. The third kappa shape index (κ3) is 7.42. The number of nitrogens with zero attached hydrogens (tertiary/aromatic N) is 6. The molecule has 0 spiro atoms. The van der Waals surface area contributed by atoms with Crippen molar-refractivity contribution in [3.63, 3.8) is 0 Å². The van der Waals surface area contributed by atoms with E-state index in [-0.39, 0.29) is 30.3 Å². The molecule has 1 aromatic heterocycles. The van der Waals surface area contributed by atoms with Crippen molar-refractivity contribution in [3.05, 3.63) is 58.6 Å². The number of carbonyl (C=O) groups excluding carboxylic acids is 1. The lowest BCUT2D eigenvalue weighted by Crippen LogP contribution is -2.54. The number of hydrogen-bond donors (Lipinski definition) is 2. The van der Waals surface area contributed by atoms with Crippen molar-refractivity contribution in [2.24, 2.45) is 5.11 Å². The molecule has 3 rings (SSSR count). The van der Waals surface area contributed by atoms with Crippen LogP contribution in [0, 0.1) is 11.8 Å². The summed E-state index contributed by atoms with van der Waals surface area (Å²) in [4.78, 5) is 19.9. The van der Waals surface area contributed by atoms with Crippen LogP contribution in [-0.2, 0) is 20.4 Å². The minimum atomic E-state index is -5.10. The molecular formula is C26H30F3N7O5S. The van der Waals surface area contributed by atoms with E-state index in [2.05, 4.69) is 32.2 Å². The van der Waals surface area contributed by atoms with Gasteiger partial charge in [-0.2, -0.15) is 17.5 Å². The second-order valence-corrected chi connectivity index (χ2v) is 12.2. The van der Waals surface area contributed by atoms with Crippen LogP contribution in [0.25, 0.3) is 10.4 Å². The maximum Gasteiger partial charge on any atom is 0.421 e. The van der Waals surface area contributed by atoms with Gasteiger partial charge in [0.2, 0.25) is 10.0 Å². The van der Waals surface area contributed by atoms with Gasteiger partial charge < -0.3 is 14.7 Å². The summed E-state index contributed by atoms with van der Waals surface area (Å²) in [7, 11) is -4.01. The van der Waals surface area contributed by atoms with Gasteiger partial charge in [0.25, 0.3) is 0 Å². The van der Waals surface area contributed by atoms with Gasteiger partial charge in [-0.3, -0.25) is 5.32 Å². The van der Waals surface area contributed by atoms with Crippen LogP contribution in [0.4, 0.5) is 29.5 Å². The van der Waals surface area contributed by atoms with E-state index in [1.54, 1.807) is 32.6 Å². The average Bonchev–Trinajstić information content (AvgIpc) is 2.90. The molecule has 226 valence electrons. The van der Waals surface area contributed by atoms with E-state index in [1.165, 1.54) is 28.6 Å². The number of anilines is 2. The van der Waals surface area contributed by atoms with Crippen LogP contribution in [0.3, 0.4) is 0 Å². The molecule has 1 aliphatic heterocycles. The average molecular weight is 610 g/mol. The Morgan fingerprint density at radius 3 is 2.40 bits per heavy atom. The molecule has 1 saturated heterocycles. The van der Waals surface area contributed by atoms with E-state index in [0.717, 1.165) is 18.3 Å². The number of sulfonamides is 1. The monoisotopic (exact) mass is 609 g/mol. The maximum atomic E-state index is 13.6. The number of hydrogen-bond acceptors (Lipinski definition) is 8. The Morgan fingerprint density at radius 1 is 1.21 bits per heavy atom. The smallest absolute Gasteiger partial charge is 0.421 e. The molecule has 42 heavy (non-hydrogen) atoms. The van der Waals surface area contributed by atoms with Gasteiger partial charge in [0.15, 0.2) is 5.60 Å². The van der Waals surface area contributed by atoms with E-state index in [1.807, 2.05) is 0 Å². The number of rotatable bonds is 7. The van der Waals surface area contributed by atoms with Crippen LogP contribution < -0.4 is 10.2 Å². The quantitative estimate of drug-likeness (QED) is 0.204. The number of benzene rings is 1. The molecule has 2 atom stereocenters. The highest BCUT2D eigenvalue weighted by atomic mass is 32.2. The van der Waals surface area contributed by atoms with E-state index in [9.17, 15) is 31.5 Å². The fourth-order valence-corrected chi connectivity index (χ4v) is 5.53. The van der Waals surface area contributed by atoms with Crippen LogP contribution in [0.15, 0.2) is 52.6 Å². The predicted molar refractivity (Wildman–Crippen MR) is 148 cm³/mol. The van der Waals surface area contributed by atoms with Gasteiger partial charge in [-0.1, -0.05) is 23.2 Å². The highest BCUT2D eigenvalue weighted by Gasteiger charge is 2.54. The van der Waals surface area contributed by atoms with Gasteiger partial charge >= 0.3 is 12.3 Å². The predicted octanol–water partition coefficient (Wildman–Crippen LogP) is 4.39. The summed E-state index contributed by atoms with van der Waals surface area (Å²) < 4.78 is 74.0. The Hall–Kier alpha value is -4.03. The SMILES string of the molecule is CC#C[C@H]1CN(S(=O)(=O)c2ccc(NC(=O)OC(C)(C)C)nc2)CCN1c1ccc(C(O)(CN=[N+]=[N-])C(F)(F)F)cc1. The topological polar surface area (TPSA) is 161 Å². The fraction of sp³-hybridized carbons (Fsp3) is 0.462. The number of alkyl halides is 3. The van der Waals surface area contributed by atoms with Gasteiger partial charge in [-0.25, -0.2) is 18.2 Å². The highest BCUT2D eigenvalue weighted by molar-refractivity contribution is 7.89. The first kappa shape index (κ1) is 32.5. The molecule has 1 unspecified atom stereocenters. The first-order chi connectivity index (χ1) is 19.5. The van der Waals surface area contributed by atoms with Gasteiger partial charge in [-0.15, -0.1) is 5.92 Å².